The van der Waals surface area contributed by atoms with Crippen LogP contribution in [-0.2, 0) is 27.4 Å². The Hall–Kier alpha value is -2.65. The molecule has 0 unspecified atom stereocenters. The number of hydrogen-bond acceptors (Lipinski definition) is 7. The molecule has 0 N–H and O–H groups in total. The summed E-state index contributed by atoms with van der Waals surface area (Å²) in [6.45, 7) is 6.94. The van der Waals surface area contributed by atoms with E-state index in [0.29, 0.717) is 28.1 Å². The third-order valence-electron chi connectivity index (χ3n) is 4.55. The lowest BCUT2D eigenvalue weighted by Crippen LogP contribution is -2.48. The highest BCUT2D eigenvalue weighted by atomic mass is 32.1. The third-order valence-corrected chi connectivity index (χ3v) is 5.62. The summed E-state index contributed by atoms with van der Waals surface area (Å²) in [4.78, 5) is 46.2. The average Bonchev–Trinajstić information content (AvgIpc) is 2.92. The Morgan fingerprint density at radius 1 is 1.30 bits per heavy atom. The molecular weight excluding hydrogens is 368 g/mol. The lowest BCUT2D eigenvalue weighted by molar-refractivity contribution is -0.126. The standard InChI is InChI=1S/C18H18N4O4S/c1-9(23)22(10(2)24)21-8-19-14-12-5-11-7-26-18(3,4)6-13(11)20-16(12)27-15(14)17(21)25/h5,8H,6-7H2,1-4H3. The molecule has 27 heavy (non-hydrogen) atoms. The maximum Gasteiger partial charge on any atom is 0.290 e. The Morgan fingerprint density at radius 2 is 2.00 bits per heavy atom. The van der Waals surface area contributed by atoms with Gasteiger partial charge in [-0.05, 0) is 19.9 Å². The molecule has 0 bridgehead atoms. The van der Waals surface area contributed by atoms with Gasteiger partial charge in [-0.15, -0.1) is 11.3 Å². The van der Waals surface area contributed by atoms with Gasteiger partial charge in [0.25, 0.3) is 5.56 Å². The van der Waals surface area contributed by atoms with Crippen molar-refractivity contribution in [2.75, 3.05) is 5.01 Å². The molecule has 1 aliphatic heterocycles. The number of aromatic nitrogens is 3. The molecule has 3 aromatic rings. The molecule has 0 radical (unpaired) electrons. The number of thiophene rings is 1. The molecule has 2 amide bonds. The van der Waals surface area contributed by atoms with E-state index in [1.54, 1.807) is 0 Å². The molecule has 140 valence electrons. The van der Waals surface area contributed by atoms with E-state index < -0.39 is 17.4 Å². The van der Waals surface area contributed by atoms with Gasteiger partial charge in [0.1, 0.15) is 15.9 Å². The predicted molar refractivity (Wildman–Crippen MR) is 101 cm³/mol. The number of ether oxygens (including phenoxy) is 1. The van der Waals surface area contributed by atoms with Crippen LogP contribution in [0.2, 0.25) is 0 Å². The summed E-state index contributed by atoms with van der Waals surface area (Å²) in [5.74, 6) is -1.11. The van der Waals surface area contributed by atoms with Crippen LogP contribution < -0.4 is 10.6 Å². The average molecular weight is 386 g/mol. The smallest absolute Gasteiger partial charge is 0.290 e. The largest absolute Gasteiger partial charge is 0.370 e. The topological polar surface area (TPSA) is 94.4 Å². The molecule has 9 heteroatoms. The normalized spacial score (nSPS) is 15.7. The number of rotatable bonds is 1. The van der Waals surface area contributed by atoms with E-state index in [4.69, 9.17) is 9.72 Å². The second-order valence-corrected chi connectivity index (χ2v) is 8.20. The van der Waals surface area contributed by atoms with Crippen LogP contribution in [0.4, 0.5) is 0 Å². The van der Waals surface area contributed by atoms with Crippen molar-refractivity contribution < 1.29 is 14.3 Å². The second kappa shape index (κ2) is 5.93. The number of carbonyl (C=O) groups excluding carboxylic acids is 2. The molecular formula is C18H18N4O4S. The van der Waals surface area contributed by atoms with E-state index in [-0.39, 0.29) is 5.60 Å². The summed E-state index contributed by atoms with van der Waals surface area (Å²) < 4.78 is 7.16. The number of amides is 2. The van der Waals surface area contributed by atoms with Gasteiger partial charge < -0.3 is 4.74 Å². The van der Waals surface area contributed by atoms with Gasteiger partial charge in [0.05, 0.1) is 23.4 Å². The van der Waals surface area contributed by atoms with Crippen molar-refractivity contribution in [2.45, 2.75) is 46.3 Å². The first-order valence-corrected chi connectivity index (χ1v) is 9.28. The SMILES string of the molecule is CC(=O)N(C(C)=O)n1cnc2c(sc3nc4c(cc32)COC(C)(C)C4)c1=O. The van der Waals surface area contributed by atoms with Gasteiger partial charge in [-0.1, -0.05) is 0 Å². The Bertz CT molecular complexity index is 1160. The summed E-state index contributed by atoms with van der Waals surface area (Å²) in [5, 5.41) is 1.55. The molecule has 0 atom stereocenters. The van der Waals surface area contributed by atoms with Crippen molar-refractivity contribution in [3.05, 3.63) is 34.0 Å². The summed E-state index contributed by atoms with van der Waals surface area (Å²) in [7, 11) is 0. The number of nitrogens with zero attached hydrogens (tertiary/aromatic N) is 4. The molecule has 0 saturated carbocycles. The number of carbonyl (C=O) groups is 2. The van der Waals surface area contributed by atoms with Crippen molar-refractivity contribution in [2.24, 2.45) is 0 Å². The van der Waals surface area contributed by atoms with Crippen molar-refractivity contribution in [1.29, 1.82) is 0 Å². The van der Waals surface area contributed by atoms with Crippen LogP contribution in [0.25, 0.3) is 20.4 Å². The van der Waals surface area contributed by atoms with Gasteiger partial charge >= 0.3 is 0 Å². The van der Waals surface area contributed by atoms with Gasteiger partial charge in [0.2, 0.25) is 11.8 Å². The van der Waals surface area contributed by atoms with Gasteiger partial charge in [0, 0.05) is 31.2 Å². The summed E-state index contributed by atoms with van der Waals surface area (Å²) in [6, 6.07) is 1.97. The van der Waals surface area contributed by atoms with E-state index in [0.717, 1.165) is 26.3 Å². The van der Waals surface area contributed by atoms with E-state index in [1.807, 2.05) is 19.9 Å². The van der Waals surface area contributed by atoms with Crippen molar-refractivity contribution in [3.8, 4) is 0 Å². The first-order chi connectivity index (χ1) is 12.7. The maximum atomic E-state index is 12.9. The maximum absolute atomic E-state index is 12.9. The minimum atomic E-state index is -0.556. The molecule has 8 nitrogen and oxygen atoms in total. The molecule has 0 aliphatic carbocycles. The fourth-order valence-electron chi connectivity index (χ4n) is 3.30. The second-order valence-electron chi connectivity index (χ2n) is 7.20. The minimum Gasteiger partial charge on any atom is -0.370 e. The lowest BCUT2D eigenvalue weighted by Gasteiger charge is -2.30. The van der Waals surface area contributed by atoms with Crippen molar-refractivity contribution >= 4 is 43.6 Å². The van der Waals surface area contributed by atoms with Crippen molar-refractivity contribution in [3.63, 3.8) is 0 Å². The lowest BCUT2D eigenvalue weighted by atomic mass is 9.95. The Morgan fingerprint density at radius 3 is 2.67 bits per heavy atom. The van der Waals surface area contributed by atoms with E-state index in [2.05, 4.69) is 4.98 Å². The summed E-state index contributed by atoms with van der Waals surface area (Å²) in [6.07, 6.45) is 1.89. The van der Waals surface area contributed by atoms with Crippen LogP contribution in [0, 0.1) is 0 Å². The number of fused-ring (bicyclic) bond motifs is 4. The predicted octanol–water partition coefficient (Wildman–Crippen LogP) is 1.89. The van der Waals surface area contributed by atoms with E-state index in [9.17, 15) is 14.4 Å². The minimum absolute atomic E-state index is 0.279. The molecule has 0 fully saturated rings. The van der Waals surface area contributed by atoms with Crippen LogP contribution in [0.5, 0.6) is 0 Å². The van der Waals surface area contributed by atoms with Crippen LogP contribution in [-0.4, -0.2) is 32.1 Å². The van der Waals surface area contributed by atoms with Crippen LogP contribution >= 0.6 is 11.3 Å². The number of pyridine rings is 1. The zero-order chi connectivity index (χ0) is 19.5. The van der Waals surface area contributed by atoms with Gasteiger partial charge in [0.15, 0.2) is 0 Å². The molecule has 3 aromatic heterocycles. The first kappa shape index (κ1) is 17.7. The Kier molecular flexibility index (Phi) is 3.90. The Balaban J connectivity index is 1.94. The first-order valence-electron chi connectivity index (χ1n) is 8.46. The monoisotopic (exact) mass is 386 g/mol. The van der Waals surface area contributed by atoms with Crippen LogP contribution in [0.3, 0.4) is 0 Å². The summed E-state index contributed by atoms with van der Waals surface area (Å²) >= 11 is 1.22. The molecule has 4 heterocycles. The van der Waals surface area contributed by atoms with Crippen molar-refractivity contribution in [1.82, 2.24) is 14.6 Å². The summed E-state index contributed by atoms with van der Waals surface area (Å²) in [5.41, 5.74) is 1.71. The van der Waals surface area contributed by atoms with Crippen LogP contribution in [0.15, 0.2) is 17.2 Å². The van der Waals surface area contributed by atoms with E-state index >= 15 is 0 Å². The molecule has 1 aliphatic rings. The molecule has 4 rings (SSSR count). The fourth-order valence-corrected chi connectivity index (χ4v) is 4.36. The Labute approximate surface area is 158 Å². The highest BCUT2D eigenvalue weighted by Gasteiger charge is 2.28. The van der Waals surface area contributed by atoms with Gasteiger partial charge in [-0.3, -0.25) is 14.4 Å². The quantitative estimate of drug-likeness (QED) is 0.634. The highest BCUT2D eigenvalue weighted by Crippen LogP contribution is 2.34. The van der Waals surface area contributed by atoms with Gasteiger partial charge in [-0.2, -0.15) is 9.69 Å². The third kappa shape index (κ3) is 2.83. The van der Waals surface area contributed by atoms with E-state index in [1.165, 1.54) is 31.5 Å². The van der Waals surface area contributed by atoms with Crippen LogP contribution in [0.1, 0.15) is 39.0 Å². The molecule has 0 spiro atoms. The number of imide groups is 1. The number of hydrogen-bond donors (Lipinski definition) is 0. The zero-order valence-corrected chi connectivity index (χ0v) is 16.2. The highest BCUT2D eigenvalue weighted by molar-refractivity contribution is 7.25. The molecule has 0 aromatic carbocycles. The fraction of sp³-hybridized carbons (Fsp3) is 0.389. The zero-order valence-electron chi connectivity index (χ0n) is 15.4. The molecule has 0 saturated heterocycles. The van der Waals surface area contributed by atoms with Gasteiger partial charge in [-0.25, -0.2) is 9.97 Å².